The minimum absolute atomic E-state index is 0.278. The number of rotatable bonds is 1. The highest BCUT2D eigenvalue weighted by Gasteiger charge is 2.29. The molecule has 0 aromatic rings. The highest BCUT2D eigenvalue weighted by Crippen LogP contribution is 2.31. The van der Waals surface area contributed by atoms with Crippen LogP contribution in [0.3, 0.4) is 0 Å². The van der Waals surface area contributed by atoms with Gasteiger partial charge in [0.15, 0.2) is 0 Å². The van der Waals surface area contributed by atoms with E-state index in [4.69, 9.17) is 23.2 Å². The van der Waals surface area contributed by atoms with E-state index in [0.29, 0.717) is 10.3 Å². The van der Waals surface area contributed by atoms with E-state index in [2.05, 4.69) is 13.8 Å². The molecule has 1 heterocycles. The molecule has 1 unspecified atom stereocenters. The summed E-state index contributed by atoms with van der Waals surface area (Å²) in [5.74, 6) is 0. The van der Waals surface area contributed by atoms with Gasteiger partial charge in [-0.1, -0.05) is 23.2 Å². The summed E-state index contributed by atoms with van der Waals surface area (Å²) in [4.78, 5) is 4.00. The van der Waals surface area contributed by atoms with E-state index in [-0.39, 0.29) is 6.17 Å². The Labute approximate surface area is 77.4 Å². The van der Waals surface area contributed by atoms with Crippen LogP contribution in [0, 0.1) is 0 Å². The van der Waals surface area contributed by atoms with E-state index in [1.165, 1.54) is 0 Å². The van der Waals surface area contributed by atoms with Gasteiger partial charge in [-0.25, -0.2) is 0 Å². The van der Waals surface area contributed by atoms with Crippen LogP contribution in [0.2, 0.25) is 0 Å². The Morgan fingerprint density at radius 3 is 2.09 bits per heavy atom. The molecule has 0 saturated heterocycles. The van der Waals surface area contributed by atoms with Gasteiger partial charge in [0.2, 0.25) is 0 Å². The second-order valence-corrected chi connectivity index (χ2v) is 3.33. The summed E-state index contributed by atoms with van der Waals surface area (Å²) in [6.07, 6.45) is 0.278. The van der Waals surface area contributed by atoms with E-state index >= 15 is 0 Å². The number of hydrogen-bond donors (Lipinski definition) is 0. The molecular weight excluding hydrogens is 183 g/mol. The standard InChI is InChI=1S/C7H12Cl2N2/c1-4-11-5(2)10(3)6(8)7(11)9/h5H,4H2,1-3H3. The molecule has 11 heavy (non-hydrogen) atoms. The Morgan fingerprint density at radius 1 is 1.36 bits per heavy atom. The zero-order valence-electron chi connectivity index (χ0n) is 6.93. The fourth-order valence-electron chi connectivity index (χ4n) is 1.20. The van der Waals surface area contributed by atoms with Gasteiger partial charge in [0, 0.05) is 13.6 Å². The summed E-state index contributed by atoms with van der Waals surface area (Å²) >= 11 is 11.9. The lowest BCUT2D eigenvalue weighted by Crippen LogP contribution is -2.34. The summed E-state index contributed by atoms with van der Waals surface area (Å²) in [7, 11) is 1.94. The van der Waals surface area contributed by atoms with Gasteiger partial charge >= 0.3 is 0 Å². The molecule has 0 bridgehead atoms. The van der Waals surface area contributed by atoms with Crippen LogP contribution in [-0.2, 0) is 0 Å². The molecule has 0 N–H and O–H groups in total. The van der Waals surface area contributed by atoms with Gasteiger partial charge in [-0.3, -0.25) is 0 Å². The second-order valence-electron chi connectivity index (χ2n) is 2.61. The molecule has 1 atom stereocenters. The Balaban J connectivity index is 2.86. The Kier molecular flexibility index (Phi) is 2.55. The molecule has 1 rings (SSSR count). The molecule has 0 saturated carbocycles. The van der Waals surface area contributed by atoms with E-state index in [1.54, 1.807) is 0 Å². The van der Waals surface area contributed by atoms with Crippen LogP contribution >= 0.6 is 23.2 Å². The smallest absolute Gasteiger partial charge is 0.142 e. The maximum atomic E-state index is 5.95. The van der Waals surface area contributed by atoms with Crippen LogP contribution in [0.1, 0.15) is 13.8 Å². The van der Waals surface area contributed by atoms with Crippen LogP contribution in [-0.4, -0.2) is 29.6 Å². The maximum Gasteiger partial charge on any atom is 0.142 e. The summed E-state index contributed by atoms with van der Waals surface area (Å²) in [6.45, 7) is 5.02. The van der Waals surface area contributed by atoms with E-state index in [1.807, 2.05) is 16.8 Å². The predicted molar refractivity (Wildman–Crippen MR) is 48.3 cm³/mol. The summed E-state index contributed by atoms with van der Waals surface area (Å²) in [5.41, 5.74) is 0. The van der Waals surface area contributed by atoms with Gasteiger partial charge < -0.3 is 9.80 Å². The van der Waals surface area contributed by atoms with E-state index < -0.39 is 0 Å². The van der Waals surface area contributed by atoms with Crippen LogP contribution in [0.15, 0.2) is 10.3 Å². The molecule has 1 aliphatic rings. The average Bonchev–Trinajstić information content (AvgIpc) is 2.17. The summed E-state index contributed by atoms with van der Waals surface area (Å²) < 4.78 is 0. The van der Waals surface area contributed by atoms with Gasteiger partial charge in [0.1, 0.15) is 16.5 Å². The molecule has 2 nitrogen and oxygen atoms in total. The van der Waals surface area contributed by atoms with Crippen molar-refractivity contribution >= 4 is 23.2 Å². The molecule has 0 amide bonds. The lowest BCUT2D eigenvalue weighted by molar-refractivity contribution is 0.196. The summed E-state index contributed by atoms with van der Waals surface area (Å²) in [6, 6.07) is 0. The second kappa shape index (κ2) is 3.11. The van der Waals surface area contributed by atoms with Crippen molar-refractivity contribution in [2.24, 2.45) is 0 Å². The van der Waals surface area contributed by atoms with Crippen molar-refractivity contribution in [1.29, 1.82) is 0 Å². The van der Waals surface area contributed by atoms with Crippen LogP contribution < -0.4 is 0 Å². The minimum Gasteiger partial charge on any atom is -0.343 e. The zero-order valence-corrected chi connectivity index (χ0v) is 8.45. The molecule has 64 valence electrons. The molecule has 1 aliphatic heterocycles. The molecule has 0 aromatic carbocycles. The van der Waals surface area contributed by atoms with E-state index in [0.717, 1.165) is 6.54 Å². The van der Waals surface area contributed by atoms with Gasteiger partial charge in [-0.05, 0) is 13.8 Å². The van der Waals surface area contributed by atoms with Crippen molar-refractivity contribution < 1.29 is 0 Å². The predicted octanol–water partition coefficient (Wildman–Crippen LogP) is 2.20. The largest absolute Gasteiger partial charge is 0.343 e. The van der Waals surface area contributed by atoms with Gasteiger partial charge in [-0.2, -0.15) is 0 Å². The van der Waals surface area contributed by atoms with Crippen molar-refractivity contribution in [3.63, 3.8) is 0 Å². The zero-order chi connectivity index (χ0) is 8.59. The lowest BCUT2D eigenvalue weighted by atomic mass is 10.5. The van der Waals surface area contributed by atoms with Gasteiger partial charge in [0.05, 0.1) is 0 Å². The van der Waals surface area contributed by atoms with E-state index in [9.17, 15) is 0 Å². The molecule has 0 aromatic heterocycles. The first-order valence-corrected chi connectivity index (χ1v) is 4.40. The molecule has 0 radical (unpaired) electrons. The molecule has 0 aliphatic carbocycles. The van der Waals surface area contributed by atoms with Crippen molar-refractivity contribution in [1.82, 2.24) is 9.80 Å². The third-order valence-electron chi connectivity index (χ3n) is 2.08. The fraction of sp³-hybridized carbons (Fsp3) is 0.714. The number of halogens is 2. The Morgan fingerprint density at radius 2 is 1.91 bits per heavy atom. The first-order valence-electron chi connectivity index (χ1n) is 3.64. The van der Waals surface area contributed by atoms with Crippen LogP contribution in [0.4, 0.5) is 0 Å². The Hall–Kier alpha value is -0.0800. The SMILES string of the molecule is CCN1C(Cl)=C(Cl)N(C)C1C. The van der Waals surface area contributed by atoms with Crippen molar-refractivity contribution in [2.75, 3.05) is 13.6 Å². The number of nitrogens with zero attached hydrogens (tertiary/aromatic N) is 2. The first-order chi connectivity index (χ1) is 5.09. The minimum atomic E-state index is 0.278. The third-order valence-corrected chi connectivity index (χ3v) is 3.02. The highest BCUT2D eigenvalue weighted by atomic mass is 35.5. The van der Waals surface area contributed by atoms with Crippen molar-refractivity contribution in [2.45, 2.75) is 20.0 Å². The van der Waals surface area contributed by atoms with Crippen molar-refractivity contribution in [3.8, 4) is 0 Å². The topological polar surface area (TPSA) is 6.48 Å². The lowest BCUT2D eigenvalue weighted by Gasteiger charge is -2.26. The van der Waals surface area contributed by atoms with Gasteiger partial charge in [0.25, 0.3) is 0 Å². The molecule has 0 fully saturated rings. The maximum absolute atomic E-state index is 5.95. The molecule has 0 spiro atoms. The normalized spacial score (nSPS) is 25.4. The van der Waals surface area contributed by atoms with Gasteiger partial charge in [-0.15, -0.1) is 0 Å². The fourth-order valence-corrected chi connectivity index (χ4v) is 1.85. The first kappa shape index (κ1) is 9.01. The van der Waals surface area contributed by atoms with Crippen molar-refractivity contribution in [3.05, 3.63) is 10.3 Å². The highest BCUT2D eigenvalue weighted by molar-refractivity contribution is 6.38. The van der Waals surface area contributed by atoms with Crippen LogP contribution in [0.5, 0.6) is 0 Å². The summed E-state index contributed by atoms with van der Waals surface area (Å²) in [5, 5.41) is 1.30. The van der Waals surface area contributed by atoms with Crippen LogP contribution in [0.25, 0.3) is 0 Å². The quantitative estimate of drug-likeness (QED) is 0.592. The average molecular weight is 195 g/mol. The third kappa shape index (κ3) is 1.30. The monoisotopic (exact) mass is 194 g/mol. The number of hydrogen-bond acceptors (Lipinski definition) is 2. The molecular formula is C7H12Cl2N2. The Bertz CT molecular complexity index is 191. The molecule has 4 heteroatoms.